The molecule has 0 amide bonds. The van der Waals surface area contributed by atoms with Crippen molar-refractivity contribution in [1.29, 1.82) is 0 Å². The highest BCUT2D eigenvalue weighted by Crippen LogP contribution is 2.45. The van der Waals surface area contributed by atoms with E-state index >= 15 is 0 Å². The minimum atomic E-state index is 0.700. The van der Waals surface area contributed by atoms with E-state index in [4.69, 9.17) is 0 Å². The summed E-state index contributed by atoms with van der Waals surface area (Å²) in [6, 6.07) is 0. The third-order valence-corrected chi connectivity index (χ3v) is 4.81. The minimum Gasteiger partial charge on any atom is -0.317 e. The SMILES string of the molecule is CCC1CN(CC)CCC12CCNCC2. The Bertz CT molecular complexity index is 197. The van der Waals surface area contributed by atoms with Crippen molar-refractivity contribution in [1.82, 2.24) is 10.2 Å². The number of likely N-dealkylation sites (tertiary alicyclic amines) is 1. The monoisotopic (exact) mass is 210 g/mol. The number of piperidine rings is 2. The largest absolute Gasteiger partial charge is 0.317 e. The highest BCUT2D eigenvalue weighted by Gasteiger charge is 2.41. The molecule has 0 aromatic heterocycles. The molecule has 2 heterocycles. The fourth-order valence-electron chi connectivity index (χ4n) is 3.61. The van der Waals surface area contributed by atoms with Gasteiger partial charge in [-0.05, 0) is 56.8 Å². The molecule has 2 aliphatic heterocycles. The fraction of sp³-hybridized carbons (Fsp3) is 1.00. The van der Waals surface area contributed by atoms with Gasteiger partial charge in [-0.2, -0.15) is 0 Å². The van der Waals surface area contributed by atoms with Crippen molar-refractivity contribution in [2.75, 3.05) is 32.7 Å². The van der Waals surface area contributed by atoms with E-state index in [1.807, 2.05) is 0 Å². The highest BCUT2D eigenvalue weighted by molar-refractivity contribution is 4.94. The Labute approximate surface area is 94.4 Å². The zero-order chi connectivity index (χ0) is 10.7. The Morgan fingerprint density at radius 2 is 1.93 bits per heavy atom. The summed E-state index contributed by atoms with van der Waals surface area (Å²) >= 11 is 0. The number of nitrogens with one attached hydrogen (secondary N) is 1. The first-order valence-electron chi connectivity index (χ1n) is 6.74. The third kappa shape index (κ3) is 2.21. The summed E-state index contributed by atoms with van der Waals surface area (Å²) < 4.78 is 0. The summed E-state index contributed by atoms with van der Waals surface area (Å²) in [7, 11) is 0. The van der Waals surface area contributed by atoms with Crippen molar-refractivity contribution >= 4 is 0 Å². The van der Waals surface area contributed by atoms with Crippen LogP contribution in [0.2, 0.25) is 0 Å². The standard InChI is InChI=1S/C13H26N2/c1-3-12-11-15(4-2)10-7-13(12)5-8-14-9-6-13/h12,14H,3-11H2,1-2H3. The lowest BCUT2D eigenvalue weighted by Gasteiger charge is -2.50. The van der Waals surface area contributed by atoms with Gasteiger partial charge in [0.15, 0.2) is 0 Å². The molecule has 0 saturated carbocycles. The molecule has 2 saturated heterocycles. The minimum absolute atomic E-state index is 0.700. The molecule has 0 aromatic carbocycles. The molecule has 1 atom stereocenters. The highest BCUT2D eigenvalue weighted by atomic mass is 15.1. The number of rotatable bonds is 2. The van der Waals surface area contributed by atoms with Crippen LogP contribution in [0.5, 0.6) is 0 Å². The average molecular weight is 210 g/mol. The summed E-state index contributed by atoms with van der Waals surface area (Å²) in [5.41, 5.74) is 0.700. The van der Waals surface area contributed by atoms with Crippen LogP contribution in [0.3, 0.4) is 0 Å². The topological polar surface area (TPSA) is 15.3 Å². The van der Waals surface area contributed by atoms with Crippen LogP contribution in [0.4, 0.5) is 0 Å². The predicted octanol–water partition coefficient (Wildman–Crippen LogP) is 2.11. The molecule has 88 valence electrons. The van der Waals surface area contributed by atoms with E-state index in [0.29, 0.717) is 5.41 Å². The van der Waals surface area contributed by atoms with Gasteiger partial charge in [0.1, 0.15) is 0 Å². The van der Waals surface area contributed by atoms with E-state index in [9.17, 15) is 0 Å². The first-order valence-corrected chi connectivity index (χ1v) is 6.74. The molecule has 15 heavy (non-hydrogen) atoms. The summed E-state index contributed by atoms with van der Waals surface area (Å²) in [5, 5.41) is 3.51. The van der Waals surface area contributed by atoms with Crippen LogP contribution in [-0.4, -0.2) is 37.6 Å². The van der Waals surface area contributed by atoms with Crippen molar-refractivity contribution < 1.29 is 0 Å². The van der Waals surface area contributed by atoms with Crippen LogP contribution in [-0.2, 0) is 0 Å². The van der Waals surface area contributed by atoms with Crippen LogP contribution < -0.4 is 5.32 Å². The Morgan fingerprint density at radius 1 is 1.20 bits per heavy atom. The summed E-state index contributed by atoms with van der Waals surface area (Å²) in [6.45, 7) is 11.1. The van der Waals surface area contributed by atoms with Crippen molar-refractivity contribution in [3.05, 3.63) is 0 Å². The van der Waals surface area contributed by atoms with E-state index in [0.717, 1.165) is 5.92 Å². The van der Waals surface area contributed by atoms with Crippen molar-refractivity contribution in [3.63, 3.8) is 0 Å². The van der Waals surface area contributed by atoms with Crippen LogP contribution in [0.25, 0.3) is 0 Å². The molecule has 2 aliphatic rings. The maximum Gasteiger partial charge on any atom is 0.00148 e. The van der Waals surface area contributed by atoms with E-state index in [2.05, 4.69) is 24.1 Å². The van der Waals surface area contributed by atoms with Gasteiger partial charge in [0, 0.05) is 6.54 Å². The maximum atomic E-state index is 3.51. The van der Waals surface area contributed by atoms with Crippen LogP contribution in [0, 0.1) is 11.3 Å². The van der Waals surface area contributed by atoms with Crippen molar-refractivity contribution in [2.45, 2.75) is 39.5 Å². The van der Waals surface area contributed by atoms with Gasteiger partial charge >= 0.3 is 0 Å². The predicted molar refractivity (Wildman–Crippen MR) is 65.0 cm³/mol. The number of hydrogen-bond acceptors (Lipinski definition) is 2. The smallest absolute Gasteiger partial charge is 0.00148 e. The van der Waals surface area contributed by atoms with E-state index in [1.54, 1.807) is 0 Å². The normalized spacial score (nSPS) is 32.0. The van der Waals surface area contributed by atoms with Gasteiger partial charge in [0.05, 0.1) is 0 Å². The molecule has 2 fully saturated rings. The zero-order valence-electron chi connectivity index (χ0n) is 10.4. The average Bonchev–Trinajstić information content (AvgIpc) is 2.31. The van der Waals surface area contributed by atoms with Gasteiger partial charge in [-0.25, -0.2) is 0 Å². The molecule has 2 heteroatoms. The molecule has 1 spiro atoms. The third-order valence-electron chi connectivity index (χ3n) is 4.81. The lowest BCUT2D eigenvalue weighted by molar-refractivity contribution is 0.00768. The van der Waals surface area contributed by atoms with Crippen LogP contribution >= 0.6 is 0 Å². The van der Waals surface area contributed by atoms with Crippen molar-refractivity contribution in [2.24, 2.45) is 11.3 Å². The van der Waals surface area contributed by atoms with Gasteiger partial charge in [-0.3, -0.25) is 0 Å². The molecular weight excluding hydrogens is 184 g/mol. The summed E-state index contributed by atoms with van der Waals surface area (Å²) in [5.74, 6) is 0.952. The Morgan fingerprint density at radius 3 is 2.53 bits per heavy atom. The Hall–Kier alpha value is -0.0800. The van der Waals surface area contributed by atoms with Crippen LogP contribution in [0.1, 0.15) is 39.5 Å². The molecule has 1 unspecified atom stereocenters. The van der Waals surface area contributed by atoms with E-state index in [-0.39, 0.29) is 0 Å². The first-order chi connectivity index (χ1) is 7.30. The second-order valence-corrected chi connectivity index (χ2v) is 5.36. The fourth-order valence-corrected chi connectivity index (χ4v) is 3.61. The molecular formula is C13H26N2. The van der Waals surface area contributed by atoms with Crippen molar-refractivity contribution in [3.8, 4) is 0 Å². The second-order valence-electron chi connectivity index (χ2n) is 5.36. The van der Waals surface area contributed by atoms with E-state index < -0.39 is 0 Å². The van der Waals surface area contributed by atoms with Gasteiger partial charge in [0.25, 0.3) is 0 Å². The van der Waals surface area contributed by atoms with Gasteiger partial charge in [0.2, 0.25) is 0 Å². The molecule has 0 aromatic rings. The Balaban J connectivity index is 2.03. The van der Waals surface area contributed by atoms with Gasteiger partial charge in [-0.1, -0.05) is 20.3 Å². The summed E-state index contributed by atoms with van der Waals surface area (Å²) in [6.07, 6.45) is 5.66. The molecule has 0 bridgehead atoms. The van der Waals surface area contributed by atoms with Gasteiger partial charge in [-0.15, -0.1) is 0 Å². The molecule has 2 nitrogen and oxygen atoms in total. The van der Waals surface area contributed by atoms with E-state index in [1.165, 1.54) is 58.4 Å². The lowest BCUT2D eigenvalue weighted by atomic mass is 9.64. The number of nitrogens with zero attached hydrogens (tertiary/aromatic N) is 1. The summed E-state index contributed by atoms with van der Waals surface area (Å²) in [4.78, 5) is 2.64. The van der Waals surface area contributed by atoms with Gasteiger partial charge < -0.3 is 10.2 Å². The van der Waals surface area contributed by atoms with Crippen LogP contribution in [0.15, 0.2) is 0 Å². The lowest BCUT2D eigenvalue weighted by Crippen LogP contribution is -2.51. The maximum absolute atomic E-state index is 3.51. The zero-order valence-corrected chi connectivity index (χ0v) is 10.4. The number of hydrogen-bond donors (Lipinski definition) is 1. The molecule has 1 N–H and O–H groups in total. The molecule has 2 rings (SSSR count). The quantitative estimate of drug-likeness (QED) is 0.751. The molecule has 0 aliphatic carbocycles. The second kappa shape index (κ2) is 4.84. The first kappa shape index (κ1) is 11.4. The Kier molecular flexibility index (Phi) is 3.68. The molecule has 0 radical (unpaired) electrons.